The van der Waals surface area contributed by atoms with E-state index >= 15 is 0 Å². The molecule has 0 spiro atoms. The van der Waals surface area contributed by atoms with Crippen LogP contribution in [-0.4, -0.2) is 65.9 Å². The van der Waals surface area contributed by atoms with Gasteiger partial charge >= 0.3 is 18.3 Å². The maximum atomic E-state index is 14.3. The SMILES string of the molecule is Cc1cc(O)cc(C)c1C[C@H](NC(=O)OC(C)(C)C)C(=O)C[C@H](CCCNC(=O)OCc1ccccc1)C(=O)NC[C@H](Cc1ccccc1)NC(=O)OCc1ccccc1. The lowest BCUT2D eigenvalue weighted by Gasteiger charge is -2.26. The van der Waals surface area contributed by atoms with Crippen molar-refractivity contribution in [2.45, 2.75) is 97.6 Å². The quantitative estimate of drug-likeness (QED) is 0.0449. The third-order valence-electron chi connectivity index (χ3n) is 9.58. The number of aromatic hydroxyl groups is 1. The molecular weight excluding hydrogens is 765 g/mol. The number of ether oxygens (including phenoxy) is 3. The fraction of sp³-hybridized carbons (Fsp3) is 0.383. The highest BCUT2D eigenvalue weighted by Gasteiger charge is 2.30. The molecule has 60 heavy (non-hydrogen) atoms. The largest absolute Gasteiger partial charge is 0.508 e. The topological polar surface area (TPSA) is 181 Å². The summed E-state index contributed by atoms with van der Waals surface area (Å²) in [5.74, 6) is -1.66. The van der Waals surface area contributed by atoms with Gasteiger partial charge in [-0.1, -0.05) is 91.0 Å². The number of amides is 4. The van der Waals surface area contributed by atoms with Crippen LogP contribution in [0.5, 0.6) is 5.75 Å². The van der Waals surface area contributed by atoms with Gasteiger partial charge in [0.2, 0.25) is 5.91 Å². The lowest BCUT2D eigenvalue weighted by molar-refractivity contribution is -0.130. The number of phenolic OH excluding ortho intramolecular Hbond substituents is 1. The minimum atomic E-state index is -1.07. The van der Waals surface area contributed by atoms with Gasteiger partial charge in [-0.15, -0.1) is 0 Å². The minimum absolute atomic E-state index is 0.0222. The molecule has 0 fully saturated rings. The Balaban J connectivity index is 1.50. The summed E-state index contributed by atoms with van der Waals surface area (Å²) >= 11 is 0. The average molecular weight is 823 g/mol. The zero-order valence-electron chi connectivity index (χ0n) is 35.1. The number of hydrogen-bond acceptors (Lipinski definition) is 9. The van der Waals surface area contributed by atoms with Gasteiger partial charge in [0, 0.05) is 31.8 Å². The van der Waals surface area contributed by atoms with Crippen molar-refractivity contribution < 1.29 is 43.3 Å². The molecule has 3 atom stereocenters. The Morgan fingerprint density at radius 2 is 1.20 bits per heavy atom. The Kier molecular flexibility index (Phi) is 18.0. The molecule has 0 saturated carbocycles. The molecule has 0 heterocycles. The van der Waals surface area contributed by atoms with Gasteiger partial charge in [0.15, 0.2) is 5.78 Å². The molecule has 0 aliphatic rings. The Labute approximate surface area is 352 Å². The number of benzene rings is 4. The first kappa shape index (κ1) is 46.3. The fourth-order valence-corrected chi connectivity index (χ4v) is 6.59. The molecule has 0 aromatic heterocycles. The Bertz CT molecular complexity index is 1980. The molecule has 4 rings (SSSR count). The van der Waals surface area contributed by atoms with E-state index in [1.165, 1.54) is 0 Å². The van der Waals surface area contributed by atoms with E-state index in [9.17, 15) is 29.1 Å². The summed E-state index contributed by atoms with van der Waals surface area (Å²) in [7, 11) is 0. The summed E-state index contributed by atoms with van der Waals surface area (Å²) in [6.45, 7) is 9.11. The second kappa shape index (κ2) is 23.3. The molecule has 0 bridgehead atoms. The highest BCUT2D eigenvalue weighted by atomic mass is 16.6. The molecule has 0 unspecified atom stereocenters. The van der Waals surface area contributed by atoms with Crippen LogP contribution in [0.25, 0.3) is 0 Å². The van der Waals surface area contributed by atoms with Gasteiger partial charge in [-0.3, -0.25) is 9.59 Å². The molecule has 5 N–H and O–H groups in total. The number of aryl methyl sites for hydroxylation is 2. The van der Waals surface area contributed by atoms with E-state index in [0.717, 1.165) is 33.4 Å². The number of alkyl carbamates (subject to hydrolysis) is 3. The third kappa shape index (κ3) is 16.8. The van der Waals surface area contributed by atoms with Crippen molar-refractivity contribution in [3.8, 4) is 5.75 Å². The minimum Gasteiger partial charge on any atom is -0.508 e. The molecule has 320 valence electrons. The van der Waals surface area contributed by atoms with E-state index in [1.54, 1.807) is 32.9 Å². The number of phenols is 1. The molecule has 4 amide bonds. The van der Waals surface area contributed by atoms with Gasteiger partial charge in [-0.25, -0.2) is 14.4 Å². The summed E-state index contributed by atoms with van der Waals surface area (Å²) in [6, 6.07) is 29.5. The number of Topliss-reactive ketones (excluding diaryl/α,β-unsaturated/α-hetero) is 1. The van der Waals surface area contributed by atoms with Crippen LogP contribution in [0, 0.1) is 19.8 Å². The van der Waals surface area contributed by atoms with E-state index < -0.39 is 53.6 Å². The monoisotopic (exact) mass is 822 g/mol. The highest BCUT2D eigenvalue weighted by molar-refractivity contribution is 5.92. The molecule has 13 nitrogen and oxygen atoms in total. The van der Waals surface area contributed by atoms with E-state index in [4.69, 9.17) is 14.2 Å². The predicted molar refractivity (Wildman–Crippen MR) is 228 cm³/mol. The van der Waals surface area contributed by atoms with Gasteiger partial charge in [0.25, 0.3) is 0 Å². The first-order valence-electron chi connectivity index (χ1n) is 20.2. The van der Waals surface area contributed by atoms with Crippen molar-refractivity contribution in [1.29, 1.82) is 0 Å². The van der Waals surface area contributed by atoms with E-state index in [2.05, 4.69) is 21.3 Å². The van der Waals surface area contributed by atoms with Crippen molar-refractivity contribution in [1.82, 2.24) is 21.3 Å². The maximum absolute atomic E-state index is 14.3. The van der Waals surface area contributed by atoms with Crippen LogP contribution in [0.4, 0.5) is 14.4 Å². The number of carbonyl (C=O) groups excluding carboxylic acids is 5. The molecule has 4 aromatic carbocycles. The molecule has 0 aliphatic heterocycles. The van der Waals surface area contributed by atoms with E-state index in [-0.39, 0.29) is 51.3 Å². The summed E-state index contributed by atoms with van der Waals surface area (Å²) in [6.07, 6.45) is -1.32. The Morgan fingerprint density at radius 3 is 1.75 bits per heavy atom. The molecular formula is C47H58N4O9. The van der Waals surface area contributed by atoms with Crippen LogP contribution >= 0.6 is 0 Å². The summed E-state index contributed by atoms with van der Waals surface area (Å²) in [5, 5.41) is 21.4. The second-order valence-electron chi connectivity index (χ2n) is 15.8. The zero-order valence-corrected chi connectivity index (χ0v) is 35.1. The number of carbonyl (C=O) groups is 5. The van der Waals surface area contributed by atoms with Gasteiger partial charge in [0.1, 0.15) is 24.6 Å². The standard InChI is InChI=1S/C47H58N4O9/c1-32-24-39(52)25-33(2)40(32)28-41(51-46(57)60-47(3,4)5)42(53)27-37(22-15-23-48-44(55)58-30-35-18-11-7-12-19-35)43(54)49-29-38(26-34-16-9-6-10-17-34)50-45(56)59-31-36-20-13-8-14-21-36/h6-14,16-21,24-25,37-38,41,52H,15,22-23,26-31H2,1-5H3,(H,48,55)(H,49,54)(H,50,56)(H,51,57)/t37-,38-,41-/m0/s1. The number of nitrogens with one attached hydrogen (secondary N) is 4. The Morgan fingerprint density at radius 1 is 0.667 bits per heavy atom. The third-order valence-corrected chi connectivity index (χ3v) is 9.58. The van der Waals surface area contributed by atoms with E-state index in [1.807, 2.05) is 105 Å². The predicted octanol–water partition coefficient (Wildman–Crippen LogP) is 7.38. The lowest BCUT2D eigenvalue weighted by Crippen LogP contribution is -2.48. The van der Waals surface area contributed by atoms with Gasteiger partial charge in [-0.2, -0.15) is 0 Å². The van der Waals surface area contributed by atoms with Crippen LogP contribution in [0.1, 0.15) is 73.4 Å². The van der Waals surface area contributed by atoms with Crippen LogP contribution in [0.15, 0.2) is 103 Å². The molecule has 13 heteroatoms. The van der Waals surface area contributed by atoms with Crippen LogP contribution < -0.4 is 21.3 Å². The lowest BCUT2D eigenvalue weighted by atomic mass is 9.89. The van der Waals surface area contributed by atoms with Crippen LogP contribution in [0.3, 0.4) is 0 Å². The number of hydrogen-bond donors (Lipinski definition) is 5. The highest BCUT2D eigenvalue weighted by Crippen LogP contribution is 2.24. The normalized spacial score (nSPS) is 12.6. The zero-order chi connectivity index (χ0) is 43.5. The van der Waals surface area contributed by atoms with Gasteiger partial charge in [0.05, 0.1) is 12.1 Å². The molecule has 0 saturated heterocycles. The number of rotatable bonds is 20. The average Bonchev–Trinajstić information content (AvgIpc) is 3.20. The fourth-order valence-electron chi connectivity index (χ4n) is 6.59. The van der Waals surface area contributed by atoms with Gasteiger partial charge in [-0.05, 0) is 99.4 Å². The maximum Gasteiger partial charge on any atom is 0.408 e. The van der Waals surface area contributed by atoms with E-state index in [0.29, 0.717) is 12.8 Å². The summed E-state index contributed by atoms with van der Waals surface area (Å²) in [4.78, 5) is 66.9. The molecule has 0 radical (unpaired) electrons. The first-order valence-corrected chi connectivity index (χ1v) is 20.2. The van der Waals surface area contributed by atoms with Crippen molar-refractivity contribution in [2.75, 3.05) is 13.1 Å². The van der Waals surface area contributed by atoms with Crippen molar-refractivity contribution in [3.63, 3.8) is 0 Å². The summed E-state index contributed by atoms with van der Waals surface area (Å²) < 4.78 is 16.3. The van der Waals surface area contributed by atoms with Crippen molar-refractivity contribution in [3.05, 3.63) is 137 Å². The first-order chi connectivity index (χ1) is 28.6. The molecule has 0 aliphatic carbocycles. The molecule has 4 aromatic rings. The number of ketones is 1. The van der Waals surface area contributed by atoms with Crippen LogP contribution in [-0.2, 0) is 49.9 Å². The van der Waals surface area contributed by atoms with Crippen LogP contribution in [0.2, 0.25) is 0 Å². The van der Waals surface area contributed by atoms with Crippen molar-refractivity contribution in [2.24, 2.45) is 5.92 Å². The Hall–Kier alpha value is -6.37. The van der Waals surface area contributed by atoms with Gasteiger partial charge < -0.3 is 40.6 Å². The smallest absolute Gasteiger partial charge is 0.408 e. The van der Waals surface area contributed by atoms with Crippen molar-refractivity contribution >= 4 is 30.0 Å². The second-order valence-corrected chi connectivity index (χ2v) is 15.8. The summed E-state index contributed by atoms with van der Waals surface area (Å²) in [5.41, 5.74) is 3.97.